The minimum Gasteiger partial charge on any atom is -0.353 e. The van der Waals surface area contributed by atoms with Crippen molar-refractivity contribution in [3.05, 3.63) is 53.6 Å². The van der Waals surface area contributed by atoms with Crippen molar-refractivity contribution in [3.8, 4) is 17.3 Å². The molecule has 1 atom stereocenters. The molecule has 1 aliphatic heterocycles. The van der Waals surface area contributed by atoms with Crippen LogP contribution in [0.15, 0.2) is 36.4 Å². The second kappa shape index (κ2) is 9.67. The van der Waals surface area contributed by atoms with Crippen LogP contribution in [0.3, 0.4) is 0 Å². The van der Waals surface area contributed by atoms with Gasteiger partial charge in [0.15, 0.2) is 17.5 Å². The molecule has 1 aromatic heterocycles. The smallest absolute Gasteiger partial charge is 0.225 e. The molecule has 4 rings (SSSR count). The Morgan fingerprint density at radius 1 is 1.21 bits per heavy atom. The number of hydrogen-bond acceptors (Lipinski definition) is 5. The van der Waals surface area contributed by atoms with Gasteiger partial charge >= 0.3 is 0 Å². The molecule has 0 bridgehead atoms. The fourth-order valence-electron chi connectivity index (χ4n) is 4.28. The summed E-state index contributed by atoms with van der Waals surface area (Å²) in [6.45, 7) is 3.86. The van der Waals surface area contributed by atoms with E-state index in [9.17, 15) is 23.2 Å². The van der Waals surface area contributed by atoms with Gasteiger partial charge in [0.2, 0.25) is 5.91 Å². The number of aromatic nitrogens is 2. The number of anilines is 1. The number of carbonyl (C=O) groups excluding carboxylic acids is 1. The van der Waals surface area contributed by atoms with Crippen molar-refractivity contribution in [3.63, 3.8) is 0 Å². The second-order valence-corrected chi connectivity index (χ2v) is 8.61. The lowest BCUT2D eigenvalue weighted by Crippen LogP contribution is -2.45. The van der Waals surface area contributed by atoms with Crippen LogP contribution in [-0.2, 0) is 4.79 Å². The van der Waals surface area contributed by atoms with E-state index in [1.807, 2.05) is 4.90 Å². The summed E-state index contributed by atoms with van der Waals surface area (Å²) in [4.78, 5) is 25.4. The Morgan fingerprint density at radius 2 is 1.91 bits per heavy atom. The van der Waals surface area contributed by atoms with Gasteiger partial charge in [-0.25, -0.2) is 23.1 Å². The van der Waals surface area contributed by atoms with Gasteiger partial charge in [-0.2, -0.15) is 5.26 Å². The highest BCUT2D eigenvalue weighted by Crippen LogP contribution is 2.33. The summed E-state index contributed by atoms with van der Waals surface area (Å²) < 4.78 is 41.0. The fraction of sp³-hybridized carbons (Fsp3) is 0.360. The van der Waals surface area contributed by atoms with Crippen LogP contribution in [0, 0.1) is 28.9 Å². The molecule has 9 heteroatoms. The number of alkyl halides is 1. The number of fused-ring (bicyclic) bond motifs is 1. The summed E-state index contributed by atoms with van der Waals surface area (Å²) in [7, 11) is 0. The molecular weight excluding hydrogens is 443 g/mol. The summed E-state index contributed by atoms with van der Waals surface area (Å²) >= 11 is 0. The highest BCUT2D eigenvalue weighted by molar-refractivity contribution is 5.84. The molecule has 2 heterocycles. The normalized spacial score (nSPS) is 15.7. The molecule has 0 aliphatic carbocycles. The molecule has 0 N–H and O–H groups in total. The largest absolute Gasteiger partial charge is 0.353 e. The second-order valence-electron chi connectivity index (χ2n) is 8.61. The van der Waals surface area contributed by atoms with Crippen LogP contribution in [0.4, 0.5) is 19.0 Å². The lowest BCUT2D eigenvalue weighted by Gasteiger charge is -2.30. The monoisotopic (exact) mass is 467 g/mol. The fourth-order valence-corrected chi connectivity index (χ4v) is 4.28. The van der Waals surface area contributed by atoms with Gasteiger partial charge in [0.05, 0.1) is 28.7 Å². The van der Waals surface area contributed by atoms with Crippen molar-refractivity contribution in [1.82, 2.24) is 14.9 Å². The number of nitriles is 1. The van der Waals surface area contributed by atoms with Gasteiger partial charge in [0, 0.05) is 43.2 Å². The molecule has 0 radical (unpaired) electrons. The van der Waals surface area contributed by atoms with Gasteiger partial charge in [-0.05, 0) is 18.6 Å². The van der Waals surface area contributed by atoms with Crippen LogP contribution < -0.4 is 4.90 Å². The van der Waals surface area contributed by atoms with E-state index >= 15 is 0 Å². The number of hydrogen-bond donors (Lipinski definition) is 0. The molecule has 6 nitrogen and oxygen atoms in total. The van der Waals surface area contributed by atoms with Crippen LogP contribution in [0.5, 0.6) is 0 Å². The lowest BCUT2D eigenvalue weighted by molar-refractivity contribution is -0.136. The van der Waals surface area contributed by atoms with Crippen molar-refractivity contribution >= 4 is 22.8 Å². The predicted octanol–water partition coefficient (Wildman–Crippen LogP) is 4.48. The van der Waals surface area contributed by atoms with Crippen LogP contribution >= 0.6 is 0 Å². The Hall–Kier alpha value is -3.67. The summed E-state index contributed by atoms with van der Waals surface area (Å²) in [5, 5.41) is 9.32. The number of carbonyl (C=O) groups is 1. The summed E-state index contributed by atoms with van der Waals surface area (Å²) in [5.74, 6) is -1.99. The Labute approximate surface area is 195 Å². The highest BCUT2D eigenvalue weighted by Gasteiger charge is 2.33. The summed E-state index contributed by atoms with van der Waals surface area (Å²) in [5.41, 5.74) is 1.83. The van der Waals surface area contributed by atoms with E-state index in [1.54, 1.807) is 43.0 Å². The molecular formula is C25H24F3N5O. The Balaban J connectivity index is 1.78. The van der Waals surface area contributed by atoms with Crippen molar-refractivity contribution in [2.75, 3.05) is 31.2 Å². The molecule has 1 saturated heterocycles. The zero-order valence-corrected chi connectivity index (χ0v) is 18.9. The quantitative estimate of drug-likeness (QED) is 0.535. The molecule has 176 valence electrons. The van der Waals surface area contributed by atoms with E-state index in [-0.39, 0.29) is 35.4 Å². The first-order valence-electron chi connectivity index (χ1n) is 11.1. The first kappa shape index (κ1) is 23.5. The van der Waals surface area contributed by atoms with E-state index < -0.39 is 18.3 Å². The Bertz CT molecular complexity index is 1270. The average molecular weight is 467 g/mol. The van der Waals surface area contributed by atoms with Crippen LogP contribution in [0.2, 0.25) is 0 Å². The van der Waals surface area contributed by atoms with Gasteiger partial charge in [0.25, 0.3) is 0 Å². The van der Waals surface area contributed by atoms with Crippen molar-refractivity contribution in [1.29, 1.82) is 5.26 Å². The van der Waals surface area contributed by atoms with E-state index in [2.05, 4.69) is 16.0 Å². The molecule has 34 heavy (non-hydrogen) atoms. The molecule has 1 aliphatic rings. The molecule has 0 unspecified atom stereocenters. The maximum absolute atomic E-state index is 13.9. The average Bonchev–Trinajstić information content (AvgIpc) is 3.32. The Kier molecular flexibility index (Phi) is 6.68. The molecule has 0 saturated carbocycles. The maximum atomic E-state index is 13.9. The summed E-state index contributed by atoms with van der Waals surface area (Å²) in [6.07, 6.45) is 0.605. The number of rotatable bonds is 6. The van der Waals surface area contributed by atoms with Crippen LogP contribution in [-0.4, -0.2) is 53.1 Å². The zero-order chi connectivity index (χ0) is 24.4. The Morgan fingerprint density at radius 3 is 2.56 bits per heavy atom. The molecule has 2 aromatic carbocycles. The third-order valence-corrected chi connectivity index (χ3v) is 5.96. The summed E-state index contributed by atoms with van der Waals surface area (Å²) in [6, 6.07) is 10.7. The topological polar surface area (TPSA) is 73.1 Å². The van der Waals surface area contributed by atoms with Crippen molar-refractivity contribution < 1.29 is 18.0 Å². The maximum Gasteiger partial charge on any atom is 0.225 e. The first-order chi connectivity index (χ1) is 16.3. The molecule has 0 spiro atoms. The minimum absolute atomic E-state index is 0.0144. The van der Waals surface area contributed by atoms with Gasteiger partial charge in [-0.3, -0.25) is 4.79 Å². The third-order valence-electron chi connectivity index (χ3n) is 5.96. The third kappa shape index (κ3) is 4.53. The molecule has 1 fully saturated rings. The minimum atomic E-state index is -1.03. The molecule has 3 aromatic rings. The van der Waals surface area contributed by atoms with Gasteiger partial charge < -0.3 is 9.80 Å². The number of nitrogens with zero attached hydrogens (tertiary/aromatic N) is 5. The number of halogens is 3. The van der Waals surface area contributed by atoms with Crippen LogP contribution in [0.1, 0.15) is 25.8 Å². The lowest BCUT2D eigenvalue weighted by atomic mass is 10.1. The highest BCUT2D eigenvalue weighted by atomic mass is 19.2. The number of amides is 1. The van der Waals surface area contributed by atoms with Crippen molar-refractivity contribution in [2.24, 2.45) is 5.92 Å². The predicted molar refractivity (Wildman–Crippen MR) is 123 cm³/mol. The first-order valence-corrected chi connectivity index (χ1v) is 11.1. The van der Waals surface area contributed by atoms with Crippen LogP contribution in [0.25, 0.3) is 22.3 Å². The van der Waals surface area contributed by atoms with E-state index in [0.717, 1.165) is 12.1 Å². The van der Waals surface area contributed by atoms with Gasteiger partial charge in [-0.1, -0.05) is 26.0 Å². The van der Waals surface area contributed by atoms with Crippen molar-refractivity contribution in [2.45, 2.75) is 26.3 Å². The zero-order valence-electron chi connectivity index (χ0n) is 18.9. The van der Waals surface area contributed by atoms with Gasteiger partial charge in [-0.15, -0.1) is 0 Å². The standard InChI is InChI=1S/C25H24F3N5O/c1-15(2)25(34)33(9-7-26)18-6-8-32(14-18)24-23(17-5-3-4-16(10-17)13-29)30-21-11-19(27)20(28)12-22(21)31-24/h3-5,10-12,15,18H,6-9,14H2,1-2H3/t18-/m0/s1. The van der Waals surface area contributed by atoms with Gasteiger partial charge in [0.1, 0.15) is 12.4 Å². The van der Waals surface area contributed by atoms with E-state index in [0.29, 0.717) is 42.1 Å². The van der Waals surface area contributed by atoms with E-state index in [1.165, 1.54) is 0 Å². The molecule has 1 amide bonds. The van der Waals surface area contributed by atoms with E-state index in [4.69, 9.17) is 0 Å². The number of benzene rings is 2. The SMILES string of the molecule is CC(C)C(=O)N(CCF)[C@H]1CCN(c2nc3cc(F)c(F)cc3nc2-c2cccc(C#N)c2)C1.